The largest absolute Gasteiger partial charge is 0.379 e. The monoisotopic (exact) mass is 188 g/mol. The Morgan fingerprint density at radius 1 is 1.31 bits per heavy atom. The number of unbranched alkanes of at least 4 members (excludes halogenated alkanes) is 1. The van der Waals surface area contributed by atoms with Gasteiger partial charge in [0.1, 0.15) is 0 Å². The Bertz CT molecular complexity index is 116. The highest BCUT2D eigenvalue weighted by molar-refractivity contribution is 4.61. The summed E-state index contributed by atoms with van der Waals surface area (Å²) in [4.78, 5) is 7.48. The minimum Gasteiger partial charge on any atom is -0.379 e. The highest BCUT2D eigenvalue weighted by atomic mass is 16.6. The Morgan fingerprint density at radius 3 is 2.77 bits per heavy atom. The summed E-state index contributed by atoms with van der Waals surface area (Å²) < 4.78 is 5.27. The molecule has 0 atom stereocenters. The van der Waals surface area contributed by atoms with Crippen LogP contribution in [0.5, 0.6) is 0 Å². The van der Waals surface area contributed by atoms with Gasteiger partial charge in [0.2, 0.25) is 0 Å². The standard InChI is InChI=1S/C9H20N2O2/c1-10-13-7-3-2-4-11-5-8-12-9-6-11/h10H,2-9H2,1H3. The fraction of sp³-hybridized carbons (Fsp3) is 1.00. The molecular formula is C9H20N2O2. The minimum atomic E-state index is 0.806. The maximum absolute atomic E-state index is 5.27. The van der Waals surface area contributed by atoms with Gasteiger partial charge >= 0.3 is 0 Å². The summed E-state index contributed by atoms with van der Waals surface area (Å²) in [5.74, 6) is 0. The maximum atomic E-state index is 5.27. The van der Waals surface area contributed by atoms with Gasteiger partial charge in [-0.15, -0.1) is 0 Å². The first-order valence-corrected chi connectivity index (χ1v) is 5.02. The lowest BCUT2D eigenvalue weighted by Crippen LogP contribution is -2.36. The minimum absolute atomic E-state index is 0.806. The first kappa shape index (κ1) is 10.9. The highest BCUT2D eigenvalue weighted by Crippen LogP contribution is 1.99. The van der Waals surface area contributed by atoms with Gasteiger partial charge in [-0.2, -0.15) is 0 Å². The van der Waals surface area contributed by atoms with Crippen molar-refractivity contribution in [2.75, 3.05) is 46.5 Å². The molecule has 78 valence electrons. The molecule has 1 saturated heterocycles. The average molecular weight is 188 g/mol. The second-order valence-electron chi connectivity index (χ2n) is 3.21. The van der Waals surface area contributed by atoms with Crippen molar-refractivity contribution in [2.45, 2.75) is 12.8 Å². The Balaban J connectivity index is 1.86. The van der Waals surface area contributed by atoms with E-state index >= 15 is 0 Å². The van der Waals surface area contributed by atoms with Gasteiger partial charge in [-0.25, -0.2) is 5.48 Å². The topological polar surface area (TPSA) is 33.7 Å². The molecule has 4 nitrogen and oxygen atoms in total. The maximum Gasteiger partial charge on any atom is 0.0682 e. The molecule has 0 bridgehead atoms. The van der Waals surface area contributed by atoms with E-state index in [4.69, 9.17) is 9.57 Å². The van der Waals surface area contributed by atoms with Crippen LogP contribution in [0.15, 0.2) is 0 Å². The fourth-order valence-electron chi connectivity index (χ4n) is 1.44. The highest BCUT2D eigenvalue weighted by Gasteiger charge is 2.08. The molecule has 1 N–H and O–H groups in total. The molecule has 0 saturated carbocycles. The third-order valence-electron chi connectivity index (χ3n) is 2.22. The Morgan fingerprint density at radius 2 is 2.08 bits per heavy atom. The summed E-state index contributed by atoms with van der Waals surface area (Å²) in [6.45, 7) is 5.96. The molecule has 0 aromatic rings. The Hall–Kier alpha value is -0.160. The second-order valence-corrected chi connectivity index (χ2v) is 3.21. The molecule has 0 aliphatic carbocycles. The van der Waals surface area contributed by atoms with Gasteiger partial charge in [-0.05, 0) is 19.4 Å². The van der Waals surface area contributed by atoms with Gasteiger partial charge in [0.25, 0.3) is 0 Å². The van der Waals surface area contributed by atoms with Crippen molar-refractivity contribution in [1.29, 1.82) is 0 Å². The SMILES string of the molecule is CNOCCCCN1CCOCC1. The lowest BCUT2D eigenvalue weighted by molar-refractivity contribution is 0.0311. The normalized spacial score (nSPS) is 19.2. The van der Waals surface area contributed by atoms with E-state index in [1.165, 1.54) is 13.0 Å². The molecule has 1 aliphatic heterocycles. The smallest absolute Gasteiger partial charge is 0.0682 e. The second kappa shape index (κ2) is 7.26. The van der Waals surface area contributed by atoms with Crippen LogP contribution in [0.1, 0.15) is 12.8 Å². The van der Waals surface area contributed by atoms with E-state index in [1.807, 2.05) is 0 Å². The molecule has 0 unspecified atom stereocenters. The van der Waals surface area contributed by atoms with Crippen molar-refractivity contribution >= 4 is 0 Å². The molecule has 0 amide bonds. The molecular weight excluding hydrogens is 168 g/mol. The molecule has 0 aromatic heterocycles. The first-order valence-electron chi connectivity index (χ1n) is 5.02. The number of nitrogens with zero attached hydrogens (tertiary/aromatic N) is 1. The molecule has 4 heteroatoms. The van der Waals surface area contributed by atoms with E-state index in [-0.39, 0.29) is 0 Å². The van der Waals surface area contributed by atoms with Crippen LogP contribution in [0.25, 0.3) is 0 Å². The first-order chi connectivity index (χ1) is 6.43. The van der Waals surface area contributed by atoms with Crippen LogP contribution in [0.4, 0.5) is 0 Å². The number of morpholine rings is 1. The van der Waals surface area contributed by atoms with Crippen molar-refractivity contribution in [3.05, 3.63) is 0 Å². The number of hydrogen-bond acceptors (Lipinski definition) is 4. The van der Waals surface area contributed by atoms with Gasteiger partial charge in [-0.1, -0.05) is 0 Å². The van der Waals surface area contributed by atoms with Crippen LogP contribution >= 0.6 is 0 Å². The number of rotatable bonds is 6. The summed E-state index contributed by atoms with van der Waals surface area (Å²) >= 11 is 0. The summed E-state index contributed by atoms with van der Waals surface area (Å²) in [7, 11) is 1.79. The van der Waals surface area contributed by atoms with Crippen molar-refractivity contribution < 1.29 is 9.57 Å². The van der Waals surface area contributed by atoms with Gasteiger partial charge in [0, 0.05) is 20.1 Å². The Labute approximate surface area is 80.1 Å². The molecule has 1 rings (SSSR count). The molecule has 0 spiro atoms. The van der Waals surface area contributed by atoms with E-state index in [0.717, 1.165) is 39.3 Å². The third kappa shape index (κ3) is 5.21. The van der Waals surface area contributed by atoms with Crippen LogP contribution < -0.4 is 5.48 Å². The summed E-state index contributed by atoms with van der Waals surface area (Å²) in [6.07, 6.45) is 2.33. The van der Waals surface area contributed by atoms with Crippen LogP contribution in [0.2, 0.25) is 0 Å². The summed E-state index contributed by atoms with van der Waals surface area (Å²) in [6, 6.07) is 0. The van der Waals surface area contributed by atoms with Gasteiger partial charge < -0.3 is 9.57 Å². The average Bonchev–Trinajstić information content (AvgIpc) is 2.19. The number of nitrogens with one attached hydrogen (secondary N) is 1. The van der Waals surface area contributed by atoms with Gasteiger partial charge in [0.15, 0.2) is 0 Å². The lowest BCUT2D eigenvalue weighted by atomic mass is 10.3. The number of ether oxygens (including phenoxy) is 1. The molecule has 0 radical (unpaired) electrons. The zero-order valence-corrected chi connectivity index (χ0v) is 8.42. The molecule has 0 aromatic carbocycles. The van der Waals surface area contributed by atoms with Gasteiger partial charge in [-0.3, -0.25) is 4.90 Å². The zero-order chi connectivity index (χ0) is 9.36. The quantitative estimate of drug-likeness (QED) is 0.478. The molecule has 1 heterocycles. The van der Waals surface area contributed by atoms with Crippen molar-refractivity contribution in [1.82, 2.24) is 10.4 Å². The fourth-order valence-corrected chi connectivity index (χ4v) is 1.44. The number of hydroxylamine groups is 1. The molecule has 13 heavy (non-hydrogen) atoms. The number of hydrogen-bond donors (Lipinski definition) is 1. The van der Waals surface area contributed by atoms with E-state index in [0.29, 0.717) is 0 Å². The van der Waals surface area contributed by atoms with Crippen LogP contribution in [0, 0.1) is 0 Å². The molecule has 1 fully saturated rings. The summed E-state index contributed by atoms with van der Waals surface area (Å²) in [5, 5.41) is 0. The summed E-state index contributed by atoms with van der Waals surface area (Å²) in [5.41, 5.74) is 2.67. The van der Waals surface area contributed by atoms with Crippen LogP contribution in [-0.4, -0.2) is 51.4 Å². The lowest BCUT2D eigenvalue weighted by Gasteiger charge is -2.26. The molecule has 1 aliphatic rings. The van der Waals surface area contributed by atoms with E-state index in [2.05, 4.69) is 10.4 Å². The zero-order valence-electron chi connectivity index (χ0n) is 8.42. The third-order valence-corrected chi connectivity index (χ3v) is 2.22. The van der Waals surface area contributed by atoms with E-state index in [9.17, 15) is 0 Å². The van der Waals surface area contributed by atoms with Crippen molar-refractivity contribution in [3.63, 3.8) is 0 Å². The van der Waals surface area contributed by atoms with Crippen LogP contribution in [-0.2, 0) is 9.57 Å². The van der Waals surface area contributed by atoms with Crippen LogP contribution in [0.3, 0.4) is 0 Å². The van der Waals surface area contributed by atoms with E-state index < -0.39 is 0 Å². The predicted molar refractivity (Wildman–Crippen MR) is 51.5 cm³/mol. The van der Waals surface area contributed by atoms with E-state index in [1.54, 1.807) is 7.05 Å². The van der Waals surface area contributed by atoms with Crippen molar-refractivity contribution in [3.8, 4) is 0 Å². The van der Waals surface area contributed by atoms with Gasteiger partial charge in [0.05, 0.1) is 19.8 Å². The predicted octanol–water partition coefficient (Wildman–Crippen LogP) is 0.250. The van der Waals surface area contributed by atoms with Crippen molar-refractivity contribution in [2.24, 2.45) is 0 Å². The Kier molecular flexibility index (Phi) is 6.10.